The molecule has 23 heavy (non-hydrogen) atoms. The molecular weight excluding hydrogens is 305 g/mol. The van der Waals surface area contributed by atoms with Crippen LogP contribution in [0.3, 0.4) is 0 Å². The Morgan fingerprint density at radius 1 is 1.13 bits per heavy atom. The van der Waals surface area contributed by atoms with Crippen molar-refractivity contribution in [2.24, 2.45) is 0 Å². The Morgan fingerprint density at radius 2 is 1.78 bits per heavy atom. The third-order valence-corrected chi connectivity index (χ3v) is 3.42. The normalized spacial score (nSPS) is 11.2. The lowest BCUT2D eigenvalue weighted by atomic mass is 10.1. The van der Waals surface area contributed by atoms with E-state index in [0.29, 0.717) is 5.69 Å². The number of hydrogen-bond acceptors (Lipinski definition) is 2. The van der Waals surface area contributed by atoms with Crippen molar-refractivity contribution in [3.63, 3.8) is 0 Å². The minimum absolute atomic E-state index is 0.137. The molecule has 1 N–H and O–H groups in total. The molecule has 0 radical (unpaired) electrons. The van der Waals surface area contributed by atoms with E-state index >= 15 is 0 Å². The second kappa shape index (κ2) is 6.73. The Balaban J connectivity index is 2.47. The maximum absolute atomic E-state index is 12.9. The SMILES string of the molecule is CCC(=O)Nc1cc(C(F)(F)F)ccc1N(C)c1ccccc1. The highest BCUT2D eigenvalue weighted by Gasteiger charge is 2.31. The highest BCUT2D eigenvalue weighted by molar-refractivity contribution is 5.95. The Bertz CT molecular complexity index is 684. The predicted molar refractivity (Wildman–Crippen MR) is 84.9 cm³/mol. The first-order valence-electron chi connectivity index (χ1n) is 7.12. The minimum atomic E-state index is -4.46. The molecule has 2 aromatic rings. The van der Waals surface area contributed by atoms with Crippen LogP contribution in [0.1, 0.15) is 18.9 Å². The van der Waals surface area contributed by atoms with Crippen LogP contribution in [0, 0.1) is 0 Å². The molecule has 3 nitrogen and oxygen atoms in total. The zero-order chi connectivity index (χ0) is 17.0. The van der Waals surface area contributed by atoms with Gasteiger partial charge in [-0.25, -0.2) is 0 Å². The van der Waals surface area contributed by atoms with Gasteiger partial charge in [0.05, 0.1) is 16.9 Å². The molecule has 6 heteroatoms. The van der Waals surface area contributed by atoms with Crippen LogP contribution in [0.2, 0.25) is 0 Å². The summed E-state index contributed by atoms with van der Waals surface area (Å²) in [5, 5.41) is 2.54. The largest absolute Gasteiger partial charge is 0.416 e. The first-order chi connectivity index (χ1) is 10.8. The van der Waals surface area contributed by atoms with Crippen molar-refractivity contribution in [3.8, 4) is 0 Å². The molecule has 0 heterocycles. The molecule has 0 atom stereocenters. The number of benzene rings is 2. The van der Waals surface area contributed by atoms with Crippen LogP contribution in [0.5, 0.6) is 0 Å². The zero-order valence-corrected chi connectivity index (χ0v) is 12.8. The van der Waals surface area contributed by atoms with Crippen molar-refractivity contribution in [2.75, 3.05) is 17.3 Å². The van der Waals surface area contributed by atoms with Crippen LogP contribution in [-0.4, -0.2) is 13.0 Å². The van der Waals surface area contributed by atoms with Gasteiger partial charge >= 0.3 is 6.18 Å². The van der Waals surface area contributed by atoms with Gasteiger partial charge < -0.3 is 10.2 Å². The van der Waals surface area contributed by atoms with Crippen LogP contribution in [0.4, 0.5) is 30.2 Å². The number of amides is 1. The molecule has 1 amide bonds. The van der Waals surface area contributed by atoms with E-state index in [2.05, 4.69) is 5.32 Å². The van der Waals surface area contributed by atoms with Gasteiger partial charge in [0, 0.05) is 19.2 Å². The van der Waals surface area contributed by atoms with Crippen molar-refractivity contribution in [1.82, 2.24) is 0 Å². The molecule has 2 rings (SSSR count). The van der Waals surface area contributed by atoms with Gasteiger partial charge in [-0.3, -0.25) is 4.79 Å². The van der Waals surface area contributed by atoms with Crippen LogP contribution in [-0.2, 0) is 11.0 Å². The summed E-state index contributed by atoms with van der Waals surface area (Å²) >= 11 is 0. The number of para-hydroxylation sites is 1. The van der Waals surface area contributed by atoms with E-state index in [1.165, 1.54) is 6.07 Å². The van der Waals surface area contributed by atoms with Crippen LogP contribution < -0.4 is 10.2 Å². The number of alkyl halides is 3. The molecule has 0 aliphatic rings. The summed E-state index contributed by atoms with van der Waals surface area (Å²) < 4.78 is 38.7. The molecule has 0 fully saturated rings. The van der Waals surface area contributed by atoms with Gasteiger partial charge in [-0.1, -0.05) is 25.1 Å². The van der Waals surface area contributed by atoms with E-state index in [1.807, 2.05) is 30.3 Å². The third kappa shape index (κ3) is 4.03. The average molecular weight is 322 g/mol. The number of nitrogens with one attached hydrogen (secondary N) is 1. The molecular formula is C17H17F3N2O. The number of nitrogens with zero attached hydrogens (tertiary/aromatic N) is 1. The maximum atomic E-state index is 12.9. The summed E-state index contributed by atoms with van der Waals surface area (Å²) in [7, 11) is 1.74. The highest BCUT2D eigenvalue weighted by Crippen LogP contribution is 2.37. The molecule has 0 saturated carbocycles. The molecule has 0 spiro atoms. The standard InChI is InChI=1S/C17H17F3N2O/c1-3-16(23)21-14-11-12(17(18,19)20)9-10-15(14)22(2)13-7-5-4-6-8-13/h4-11H,3H2,1-2H3,(H,21,23). The van der Waals surface area contributed by atoms with Gasteiger partial charge in [0.25, 0.3) is 0 Å². The van der Waals surface area contributed by atoms with E-state index < -0.39 is 11.7 Å². The molecule has 0 aromatic heterocycles. The third-order valence-electron chi connectivity index (χ3n) is 3.42. The number of rotatable bonds is 4. The number of carbonyl (C=O) groups is 1. The van der Waals surface area contributed by atoms with Gasteiger partial charge in [0.15, 0.2) is 0 Å². The monoisotopic (exact) mass is 322 g/mol. The fraction of sp³-hybridized carbons (Fsp3) is 0.235. The molecule has 0 unspecified atom stereocenters. The van der Waals surface area contributed by atoms with E-state index in [1.54, 1.807) is 18.9 Å². The quantitative estimate of drug-likeness (QED) is 0.875. The van der Waals surface area contributed by atoms with Crippen molar-refractivity contribution in [1.29, 1.82) is 0 Å². The van der Waals surface area contributed by atoms with Crippen LogP contribution in [0.15, 0.2) is 48.5 Å². The summed E-state index contributed by atoms with van der Waals surface area (Å²) in [6.07, 6.45) is -4.28. The second-order valence-corrected chi connectivity index (χ2v) is 5.03. The van der Waals surface area contributed by atoms with E-state index in [0.717, 1.165) is 17.8 Å². The van der Waals surface area contributed by atoms with Crippen molar-refractivity contribution < 1.29 is 18.0 Å². The lowest BCUT2D eigenvalue weighted by Crippen LogP contribution is -2.17. The smallest absolute Gasteiger partial charge is 0.343 e. The van der Waals surface area contributed by atoms with Gasteiger partial charge in [-0.05, 0) is 30.3 Å². The van der Waals surface area contributed by atoms with Crippen molar-refractivity contribution in [3.05, 3.63) is 54.1 Å². The molecule has 0 aliphatic carbocycles. The van der Waals surface area contributed by atoms with Crippen molar-refractivity contribution in [2.45, 2.75) is 19.5 Å². The number of hydrogen-bond donors (Lipinski definition) is 1. The summed E-state index contributed by atoms with van der Waals surface area (Å²) in [5.74, 6) is -0.341. The van der Waals surface area contributed by atoms with Gasteiger partial charge in [-0.15, -0.1) is 0 Å². The number of carbonyl (C=O) groups excluding carboxylic acids is 1. The fourth-order valence-electron chi connectivity index (χ4n) is 2.13. The Morgan fingerprint density at radius 3 is 2.35 bits per heavy atom. The van der Waals surface area contributed by atoms with E-state index in [-0.39, 0.29) is 18.0 Å². The van der Waals surface area contributed by atoms with E-state index in [9.17, 15) is 18.0 Å². The highest BCUT2D eigenvalue weighted by atomic mass is 19.4. The number of halogens is 3. The summed E-state index contributed by atoms with van der Waals surface area (Å²) in [5.41, 5.74) is 0.636. The molecule has 122 valence electrons. The summed E-state index contributed by atoms with van der Waals surface area (Å²) in [6.45, 7) is 1.64. The minimum Gasteiger partial charge on any atom is -0.343 e. The Hall–Kier alpha value is -2.50. The van der Waals surface area contributed by atoms with Crippen molar-refractivity contribution >= 4 is 23.0 Å². The lowest BCUT2D eigenvalue weighted by Gasteiger charge is -2.24. The van der Waals surface area contributed by atoms with Gasteiger partial charge in [0.1, 0.15) is 0 Å². The van der Waals surface area contributed by atoms with Gasteiger partial charge in [0.2, 0.25) is 5.91 Å². The summed E-state index contributed by atoms with van der Waals surface area (Å²) in [6, 6.07) is 12.5. The summed E-state index contributed by atoms with van der Waals surface area (Å²) in [4.78, 5) is 13.4. The molecule has 0 bridgehead atoms. The fourth-order valence-corrected chi connectivity index (χ4v) is 2.13. The lowest BCUT2D eigenvalue weighted by molar-refractivity contribution is -0.137. The first kappa shape index (κ1) is 16.9. The average Bonchev–Trinajstić information content (AvgIpc) is 2.54. The molecule has 2 aromatic carbocycles. The molecule has 0 aliphatic heterocycles. The predicted octanol–water partition coefficient (Wildman–Crippen LogP) is 4.82. The maximum Gasteiger partial charge on any atom is 0.416 e. The van der Waals surface area contributed by atoms with E-state index in [4.69, 9.17) is 0 Å². The second-order valence-electron chi connectivity index (χ2n) is 5.03. The Kier molecular flexibility index (Phi) is 4.93. The number of anilines is 3. The topological polar surface area (TPSA) is 32.3 Å². The Labute approximate surface area is 132 Å². The van der Waals surface area contributed by atoms with Crippen LogP contribution >= 0.6 is 0 Å². The van der Waals surface area contributed by atoms with Crippen LogP contribution in [0.25, 0.3) is 0 Å². The van der Waals surface area contributed by atoms with Gasteiger partial charge in [-0.2, -0.15) is 13.2 Å². The zero-order valence-electron chi connectivity index (χ0n) is 12.8. The first-order valence-corrected chi connectivity index (χ1v) is 7.12. The molecule has 0 saturated heterocycles.